The van der Waals surface area contributed by atoms with Crippen molar-refractivity contribution in [1.29, 1.82) is 0 Å². The summed E-state index contributed by atoms with van der Waals surface area (Å²) in [5, 5.41) is 2.90. The van der Waals surface area contributed by atoms with Gasteiger partial charge in [-0.1, -0.05) is 27.2 Å². The third-order valence-electron chi connectivity index (χ3n) is 4.53. The van der Waals surface area contributed by atoms with E-state index in [-0.39, 0.29) is 29.9 Å². The molecule has 0 aromatic rings. The van der Waals surface area contributed by atoms with E-state index in [1.807, 2.05) is 18.7 Å². The number of nitrogens with zero attached hydrogens (tertiary/aromatic N) is 1. The number of nitrogens with one attached hydrogen (secondary N) is 1. The second kappa shape index (κ2) is 5.93. The highest BCUT2D eigenvalue weighted by atomic mass is 16.2. The van der Waals surface area contributed by atoms with Gasteiger partial charge in [-0.15, -0.1) is 0 Å². The Hall–Kier alpha value is -1.06. The molecule has 19 heavy (non-hydrogen) atoms. The maximum Gasteiger partial charge on any atom is 0.246 e. The van der Waals surface area contributed by atoms with Gasteiger partial charge in [0.25, 0.3) is 0 Å². The number of hydrogen-bond acceptors (Lipinski definition) is 2. The minimum Gasteiger partial charge on any atom is -0.343 e. The van der Waals surface area contributed by atoms with E-state index in [1.165, 1.54) is 6.42 Å². The van der Waals surface area contributed by atoms with Crippen LogP contribution in [-0.4, -0.2) is 34.8 Å². The number of amides is 2. The zero-order valence-electron chi connectivity index (χ0n) is 12.3. The molecule has 4 atom stereocenters. The Balaban J connectivity index is 2.18. The monoisotopic (exact) mass is 266 g/mol. The lowest BCUT2D eigenvalue weighted by Crippen LogP contribution is -2.65. The zero-order valence-corrected chi connectivity index (χ0v) is 12.3. The molecule has 1 saturated carbocycles. The van der Waals surface area contributed by atoms with Gasteiger partial charge in [-0.25, -0.2) is 0 Å². The third kappa shape index (κ3) is 2.77. The molecule has 4 nitrogen and oxygen atoms in total. The molecule has 0 bridgehead atoms. The van der Waals surface area contributed by atoms with Gasteiger partial charge < -0.3 is 10.2 Å². The van der Waals surface area contributed by atoms with Crippen molar-refractivity contribution in [1.82, 2.24) is 10.2 Å². The average molecular weight is 266 g/mol. The summed E-state index contributed by atoms with van der Waals surface area (Å²) in [5.41, 5.74) is 0. The molecule has 1 aliphatic heterocycles. The molecule has 0 aromatic heterocycles. The lowest BCUT2D eigenvalue weighted by atomic mass is 9.98. The third-order valence-corrected chi connectivity index (χ3v) is 4.53. The molecule has 2 rings (SSSR count). The van der Waals surface area contributed by atoms with Gasteiger partial charge in [-0.2, -0.15) is 0 Å². The molecular weight excluding hydrogens is 240 g/mol. The van der Waals surface area contributed by atoms with Crippen LogP contribution in [0.5, 0.6) is 0 Å². The number of rotatable bonds is 4. The lowest BCUT2D eigenvalue weighted by Gasteiger charge is -2.42. The van der Waals surface area contributed by atoms with Crippen molar-refractivity contribution in [3.8, 4) is 0 Å². The lowest BCUT2D eigenvalue weighted by molar-refractivity contribution is -0.152. The molecule has 1 aliphatic carbocycles. The first-order chi connectivity index (χ1) is 9.08. The van der Waals surface area contributed by atoms with Crippen LogP contribution in [0.25, 0.3) is 0 Å². The molecule has 0 aromatic carbocycles. The number of carbonyl (C=O) groups is 2. The van der Waals surface area contributed by atoms with Crippen molar-refractivity contribution >= 4 is 11.8 Å². The first-order valence-electron chi connectivity index (χ1n) is 7.71. The van der Waals surface area contributed by atoms with Crippen molar-refractivity contribution in [2.45, 2.75) is 77.4 Å². The largest absolute Gasteiger partial charge is 0.343 e. The van der Waals surface area contributed by atoms with Crippen molar-refractivity contribution in [3.05, 3.63) is 0 Å². The Morgan fingerprint density at radius 2 is 2.00 bits per heavy atom. The van der Waals surface area contributed by atoms with Crippen LogP contribution in [0.3, 0.4) is 0 Å². The van der Waals surface area contributed by atoms with Crippen LogP contribution in [-0.2, 0) is 9.59 Å². The Bertz CT molecular complexity index is 356. The van der Waals surface area contributed by atoms with Crippen molar-refractivity contribution < 1.29 is 9.59 Å². The topological polar surface area (TPSA) is 49.4 Å². The molecule has 2 fully saturated rings. The standard InChI is InChI=1S/C15H26N2O2/c1-4-6-12-15(19)17(11-8-7-10(3)9-11)13(5-2)14(18)16-12/h10-13H,4-9H2,1-3H3,(H,16,18). The van der Waals surface area contributed by atoms with Gasteiger partial charge in [0.2, 0.25) is 11.8 Å². The van der Waals surface area contributed by atoms with Crippen molar-refractivity contribution in [2.75, 3.05) is 0 Å². The summed E-state index contributed by atoms with van der Waals surface area (Å²) in [6.07, 6.45) is 5.65. The summed E-state index contributed by atoms with van der Waals surface area (Å²) >= 11 is 0. The number of hydrogen-bond donors (Lipinski definition) is 1. The molecule has 0 radical (unpaired) electrons. The first-order valence-corrected chi connectivity index (χ1v) is 7.71. The predicted molar refractivity (Wildman–Crippen MR) is 74.6 cm³/mol. The minimum atomic E-state index is -0.295. The fraction of sp³-hybridized carbons (Fsp3) is 0.867. The van der Waals surface area contributed by atoms with E-state index in [1.54, 1.807) is 0 Å². The second-order valence-corrected chi connectivity index (χ2v) is 6.09. The van der Waals surface area contributed by atoms with E-state index in [9.17, 15) is 9.59 Å². The van der Waals surface area contributed by atoms with Gasteiger partial charge in [0.05, 0.1) is 0 Å². The van der Waals surface area contributed by atoms with Gasteiger partial charge in [-0.05, 0) is 38.0 Å². The van der Waals surface area contributed by atoms with Crippen LogP contribution in [0, 0.1) is 5.92 Å². The van der Waals surface area contributed by atoms with Crippen LogP contribution in [0.2, 0.25) is 0 Å². The summed E-state index contributed by atoms with van der Waals surface area (Å²) in [6.45, 7) is 6.27. The number of carbonyl (C=O) groups excluding carboxylic acids is 2. The van der Waals surface area contributed by atoms with Gasteiger partial charge in [0.15, 0.2) is 0 Å². The second-order valence-electron chi connectivity index (χ2n) is 6.09. The maximum atomic E-state index is 12.6. The van der Waals surface area contributed by atoms with E-state index >= 15 is 0 Å². The molecule has 108 valence electrons. The van der Waals surface area contributed by atoms with Gasteiger partial charge in [0.1, 0.15) is 12.1 Å². The summed E-state index contributed by atoms with van der Waals surface area (Å²) in [4.78, 5) is 26.8. The molecule has 4 heteroatoms. The summed E-state index contributed by atoms with van der Waals surface area (Å²) in [6, 6.07) is -0.273. The molecule has 1 heterocycles. The van der Waals surface area contributed by atoms with Crippen LogP contribution in [0.4, 0.5) is 0 Å². The maximum absolute atomic E-state index is 12.6. The van der Waals surface area contributed by atoms with E-state index < -0.39 is 0 Å². The molecule has 2 amide bonds. The van der Waals surface area contributed by atoms with Crippen LogP contribution in [0.1, 0.15) is 59.3 Å². The fourth-order valence-electron chi connectivity index (χ4n) is 3.52. The van der Waals surface area contributed by atoms with E-state index in [2.05, 4.69) is 12.2 Å². The van der Waals surface area contributed by atoms with Gasteiger partial charge in [-0.3, -0.25) is 9.59 Å². The molecule has 4 unspecified atom stereocenters. The molecule has 1 N–H and O–H groups in total. The van der Waals surface area contributed by atoms with Crippen LogP contribution < -0.4 is 5.32 Å². The highest BCUT2D eigenvalue weighted by Crippen LogP contribution is 2.32. The van der Waals surface area contributed by atoms with Crippen LogP contribution in [0.15, 0.2) is 0 Å². The van der Waals surface area contributed by atoms with Gasteiger partial charge in [0, 0.05) is 6.04 Å². The van der Waals surface area contributed by atoms with Crippen LogP contribution >= 0.6 is 0 Å². The highest BCUT2D eigenvalue weighted by molar-refractivity contribution is 5.97. The molecule has 0 spiro atoms. The Labute approximate surface area is 115 Å². The SMILES string of the molecule is CCCC1NC(=O)C(CC)N(C2CCC(C)C2)C1=O. The van der Waals surface area contributed by atoms with E-state index in [0.29, 0.717) is 12.3 Å². The fourth-order valence-corrected chi connectivity index (χ4v) is 3.52. The predicted octanol–water partition coefficient (Wildman–Crippen LogP) is 2.08. The highest BCUT2D eigenvalue weighted by Gasteiger charge is 2.43. The Morgan fingerprint density at radius 1 is 1.26 bits per heavy atom. The average Bonchev–Trinajstić information content (AvgIpc) is 2.79. The molecule has 2 aliphatic rings. The summed E-state index contributed by atoms with van der Waals surface area (Å²) in [5.74, 6) is 0.859. The number of piperazine rings is 1. The van der Waals surface area contributed by atoms with Gasteiger partial charge >= 0.3 is 0 Å². The molecular formula is C15H26N2O2. The quantitative estimate of drug-likeness (QED) is 0.847. The van der Waals surface area contributed by atoms with E-state index in [0.717, 1.165) is 25.7 Å². The minimum absolute atomic E-state index is 0.0418. The first kappa shape index (κ1) is 14.4. The summed E-state index contributed by atoms with van der Waals surface area (Å²) < 4.78 is 0. The normalized spacial score (nSPS) is 35.6. The Morgan fingerprint density at radius 3 is 2.53 bits per heavy atom. The van der Waals surface area contributed by atoms with E-state index in [4.69, 9.17) is 0 Å². The zero-order chi connectivity index (χ0) is 14.0. The van der Waals surface area contributed by atoms with Crippen molar-refractivity contribution in [3.63, 3.8) is 0 Å². The Kier molecular flexibility index (Phi) is 4.48. The molecule has 1 saturated heterocycles. The summed E-state index contributed by atoms with van der Waals surface area (Å²) in [7, 11) is 0. The smallest absolute Gasteiger partial charge is 0.246 e. The van der Waals surface area contributed by atoms with Crippen molar-refractivity contribution in [2.24, 2.45) is 5.92 Å².